The first-order chi connectivity index (χ1) is 24.0. The first-order valence-corrected chi connectivity index (χ1v) is 17.7. The van der Waals surface area contributed by atoms with Crippen LogP contribution in [0.25, 0.3) is 42.1 Å². The Hall–Kier alpha value is -5.71. The van der Waals surface area contributed by atoms with Crippen LogP contribution in [0.5, 0.6) is 0 Å². The van der Waals surface area contributed by atoms with Crippen molar-refractivity contribution in [1.82, 2.24) is 5.32 Å². The predicted octanol–water partition coefficient (Wildman–Crippen LogP) is 12.0. The number of thiophene rings is 1. The summed E-state index contributed by atoms with van der Waals surface area (Å²) in [6, 6.07) is 55.1. The van der Waals surface area contributed by atoms with Crippen LogP contribution in [-0.2, 0) is 5.41 Å². The maximum atomic E-state index is 5.31. The average molecular weight is 648 g/mol. The van der Waals surface area contributed by atoms with Crippen LogP contribution >= 0.6 is 11.3 Å². The molecule has 1 aliphatic heterocycles. The third-order valence-corrected chi connectivity index (χ3v) is 11.6. The number of nitrogens with one attached hydrogen (secondary N) is 1. The number of para-hydroxylation sites is 2. The van der Waals surface area contributed by atoms with Gasteiger partial charge in [-0.25, -0.2) is 4.99 Å². The number of guanidine groups is 1. The van der Waals surface area contributed by atoms with E-state index in [1.807, 2.05) is 11.3 Å². The van der Waals surface area contributed by atoms with Gasteiger partial charge in [-0.2, -0.15) is 0 Å². The van der Waals surface area contributed by atoms with Crippen molar-refractivity contribution in [2.24, 2.45) is 4.99 Å². The summed E-state index contributed by atoms with van der Waals surface area (Å²) in [7, 11) is 0. The first kappa shape index (κ1) is 28.3. The molecule has 0 spiro atoms. The molecule has 0 bridgehead atoms. The third kappa shape index (κ3) is 4.37. The van der Waals surface area contributed by atoms with Gasteiger partial charge in [-0.3, -0.25) is 4.90 Å². The summed E-state index contributed by atoms with van der Waals surface area (Å²) in [6.07, 6.45) is 0. The van der Waals surface area contributed by atoms with E-state index >= 15 is 0 Å². The highest BCUT2D eigenvalue weighted by atomic mass is 32.1. The number of aliphatic imine (C=N–C) groups is 1. The number of rotatable bonds is 3. The molecule has 10 rings (SSSR count). The van der Waals surface area contributed by atoms with E-state index in [2.05, 4.69) is 176 Å². The van der Waals surface area contributed by atoms with Crippen molar-refractivity contribution in [2.45, 2.75) is 25.3 Å². The van der Waals surface area contributed by atoms with Crippen LogP contribution in [0.1, 0.15) is 42.1 Å². The van der Waals surface area contributed by atoms with E-state index in [0.717, 1.165) is 23.0 Å². The molecule has 1 unspecified atom stereocenters. The lowest BCUT2D eigenvalue weighted by Gasteiger charge is -2.34. The van der Waals surface area contributed by atoms with Crippen LogP contribution in [0.15, 0.2) is 157 Å². The second-order valence-electron chi connectivity index (χ2n) is 13.7. The van der Waals surface area contributed by atoms with Gasteiger partial charge in [0.1, 0.15) is 0 Å². The standard InChI is InChI=1S/C45H33N3S/c1-45(2)38-18-10-8-16-33(38)34-23-21-32(27-39(34)45)48(31-14-4-3-5-15-31)44-46-40-19-11-9-17-36(40)43(47-44)30-20-22-35-37-24-28-12-6-7-13-29(28)25-42(37)49-41(35)26-30/h3-27,43H,1-2H3,(H,46,47). The smallest absolute Gasteiger partial charge is 0.209 e. The van der Waals surface area contributed by atoms with E-state index in [1.54, 1.807) is 0 Å². The van der Waals surface area contributed by atoms with Crippen LogP contribution in [0.4, 0.5) is 17.1 Å². The molecule has 3 nitrogen and oxygen atoms in total. The zero-order chi connectivity index (χ0) is 32.7. The van der Waals surface area contributed by atoms with E-state index in [0.29, 0.717) is 0 Å². The second-order valence-corrected chi connectivity index (χ2v) is 14.8. The number of hydrogen-bond donors (Lipinski definition) is 1. The minimum atomic E-state index is -0.104. The third-order valence-electron chi connectivity index (χ3n) is 10.5. The Kier molecular flexibility index (Phi) is 6.15. The van der Waals surface area contributed by atoms with Crippen molar-refractivity contribution in [3.8, 4) is 11.1 Å². The molecule has 1 aromatic heterocycles. The summed E-state index contributed by atoms with van der Waals surface area (Å²) >= 11 is 1.87. The topological polar surface area (TPSA) is 27.6 Å². The fraction of sp³-hybridized carbons (Fsp3) is 0.0889. The van der Waals surface area contributed by atoms with E-state index in [9.17, 15) is 0 Å². The van der Waals surface area contributed by atoms with E-state index in [-0.39, 0.29) is 11.5 Å². The molecule has 2 heterocycles. The van der Waals surface area contributed by atoms with Crippen molar-refractivity contribution in [3.05, 3.63) is 174 Å². The fourth-order valence-electron chi connectivity index (χ4n) is 8.02. The molecule has 0 saturated heterocycles. The Morgan fingerprint density at radius 3 is 2.18 bits per heavy atom. The van der Waals surface area contributed by atoms with Crippen LogP contribution in [0, 0.1) is 0 Å². The molecule has 234 valence electrons. The highest BCUT2D eigenvalue weighted by Gasteiger charge is 2.36. The van der Waals surface area contributed by atoms with Crippen molar-refractivity contribution >= 4 is 65.3 Å². The van der Waals surface area contributed by atoms with Gasteiger partial charge in [-0.05, 0) is 87.1 Å². The molecule has 7 aromatic carbocycles. The lowest BCUT2D eigenvalue weighted by Crippen LogP contribution is -2.42. The number of benzene rings is 7. The summed E-state index contributed by atoms with van der Waals surface area (Å²) in [4.78, 5) is 7.59. The zero-order valence-electron chi connectivity index (χ0n) is 27.3. The van der Waals surface area contributed by atoms with Crippen molar-refractivity contribution in [2.75, 3.05) is 4.90 Å². The largest absolute Gasteiger partial charge is 0.344 e. The SMILES string of the molecule is CC1(C)c2ccccc2-c2ccc(N(C3=Nc4ccccc4C(c4ccc5c(c4)sc4cc6ccccc6cc45)N3)c3ccccc3)cc21. The monoisotopic (exact) mass is 647 g/mol. The minimum absolute atomic E-state index is 0.0706. The van der Waals surface area contributed by atoms with Gasteiger partial charge in [0.15, 0.2) is 0 Å². The lowest BCUT2D eigenvalue weighted by atomic mass is 9.82. The Labute approximate surface area is 289 Å². The van der Waals surface area contributed by atoms with Crippen molar-refractivity contribution < 1.29 is 0 Å². The molecular formula is C45H33N3S. The second kappa shape index (κ2) is 10.6. The number of anilines is 2. The predicted molar refractivity (Wildman–Crippen MR) is 208 cm³/mol. The maximum absolute atomic E-state index is 5.31. The molecule has 0 saturated carbocycles. The highest BCUT2D eigenvalue weighted by molar-refractivity contribution is 7.25. The molecule has 49 heavy (non-hydrogen) atoms. The van der Waals surface area contributed by atoms with Gasteiger partial charge in [-0.1, -0.05) is 117 Å². The normalized spacial score (nSPS) is 15.8. The zero-order valence-corrected chi connectivity index (χ0v) is 28.1. The Morgan fingerprint density at radius 2 is 1.31 bits per heavy atom. The molecule has 8 aromatic rings. The van der Waals surface area contributed by atoms with E-state index in [1.165, 1.54) is 64.3 Å². The summed E-state index contributed by atoms with van der Waals surface area (Å²) in [5.41, 5.74) is 10.8. The summed E-state index contributed by atoms with van der Waals surface area (Å²) in [6.45, 7) is 4.67. The van der Waals surface area contributed by atoms with E-state index < -0.39 is 0 Å². The molecule has 1 aliphatic carbocycles. The fourth-order valence-corrected chi connectivity index (χ4v) is 9.21. The molecule has 2 aliphatic rings. The minimum Gasteiger partial charge on any atom is -0.344 e. The lowest BCUT2D eigenvalue weighted by molar-refractivity contribution is 0.660. The van der Waals surface area contributed by atoms with Gasteiger partial charge in [0.25, 0.3) is 0 Å². The van der Waals surface area contributed by atoms with Crippen molar-refractivity contribution in [1.29, 1.82) is 0 Å². The molecule has 1 atom stereocenters. The van der Waals surface area contributed by atoms with Crippen molar-refractivity contribution in [3.63, 3.8) is 0 Å². The first-order valence-electron chi connectivity index (χ1n) is 16.9. The quantitative estimate of drug-likeness (QED) is 0.207. The Morgan fingerprint density at radius 1 is 0.592 bits per heavy atom. The molecular weight excluding hydrogens is 615 g/mol. The van der Waals surface area contributed by atoms with Gasteiger partial charge < -0.3 is 5.32 Å². The van der Waals surface area contributed by atoms with Crippen LogP contribution in [-0.4, -0.2) is 5.96 Å². The number of hydrogen-bond acceptors (Lipinski definition) is 4. The maximum Gasteiger partial charge on any atom is 0.209 e. The summed E-state index contributed by atoms with van der Waals surface area (Å²) in [5, 5.41) is 9.12. The van der Waals surface area contributed by atoms with Crippen LogP contribution < -0.4 is 10.2 Å². The van der Waals surface area contributed by atoms with Gasteiger partial charge in [0.05, 0.1) is 11.7 Å². The summed E-state index contributed by atoms with van der Waals surface area (Å²) in [5.74, 6) is 0.811. The van der Waals surface area contributed by atoms with Crippen LogP contribution in [0.2, 0.25) is 0 Å². The molecule has 1 N–H and O–H groups in total. The number of nitrogens with zero attached hydrogens (tertiary/aromatic N) is 2. The Bertz CT molecular complexity index is 2630. The molecule has 0 radical (unpaired) electrons. The van der Waals surface area contributed by atoms with Gasteiger partial charge in [-0.15, -0.1) is 11.3 Å². The summed E-state index contributed by atoms with van der Waals surface area (Å²) < 4.78 is 2.62. The molecule has 0 amide bonds. The number of fused-ring (bicyclic) bond motifs is 8. The molecule has 4 heteroatoms. The highest BCUT2D eigenvalue weighted by Crippen LogP contribution is 2.50. The van der Waals surface area contributed by atoms with Gasteiger partial charge in [0, 0.05) is 42.5 Å². The van der Waals surface area contributed by atoms with E-state index in [4.69, 9.17) is 4.99 Å². The van der Waals surface area contributed by atoms with Crippen LogP contribution in [0.3, 0.4) is 0 Å². The molecule has 0 fully saturated rings. The Balaban J connectivity index is 1.11. The average Bonchev–Trinajstić information content (AvgIpc) is 3.61. The van der Waals surface area contributed by atoms with Gasteiger partial charge >= 0.3 is 0 Å². The van der Waals surface area contributed by atoms with Gasteiger partial charge in [0.2, 0.25) is 5.96 Å².